The summed E-state index contributed by atoms with van der Waals surface area (Å²) < 4.78 is 5.32. The molecule has 1 aromatic heterocycles. The Balaban J connectivity index is 1.25. The maximum atomic E-state index is 12.4. The summed E-state index contributed by atoms with van der Waals surface area (Å²) in [4.78, 5) is 18.8. The Kier molecular flexibility index (Phi) is 4.23. The van der Waals surface area contributed by atoms with Gasteiger partial charge < -0.3 is 14.7 Å². The van der Waals surface area contributed by atoms with Crippen LogP contribution in [-0.4, -0.2) is 40.2 Å². The van der Waals surface area contributed by atoms with E-state index in [1.807, 2.05) is 4.90 Å². The van der Waals surface area contributed by atoms with E-state index >= 15 is 0 Å². The molecule has 6 heteroatoms. The average molecular weight is 318 g/mol. The van der Waals surface area contributed by atoms with Gasteiger partial charge in [-0.05, 0) is 38.0 Å². The molecule has 0 bridgehead atoms. The lowest BCUT2D eigenvalue weighted by atomic mass is 9.96. The average Bonchev–Trinajstić information content (AvgIpc) is 3.13. The van der Waals surface area contributed by atoms with Gasteiger partial charge in [-0.3, -0.25) is 0 Å². The summed E-state index contributed by atoms with van der Waals surface area (Å²) in [6.07, 6.45) is 10.3. The fourth-order valence-electron chi connectivity index (χ4n) is 3.80. The van der Waals surface area contributed by atoms with Crippen LogP contribution in [0.5, 0.6) is 0 Å². The first-order chi connectivity index (χ1) is 11.3. The second-order valence-corrected chi connectivity index (χ2v) is 7.41. The maximum absolute atomic E-state index is 12.4. The number of likely N-dealkylation sites (tertiary alicyclic amines) is 1. The van der Waals surface area contributed by atoms with E-state index in [1.165, 1.54) is 32.1 Å². The largest absolute Gasteiger partial charge is 0.339 e. The van der Waals surface area contributed by atoms with Crippen LogP contribution >= 0.6 is 0 Å². The number of hydrogen-bond acceptors (Lipinski definition) is 4. The van der Waals surface area contributed by atoms with Crippen LogP contribution in [0.15, 0.2) is 4.52 Å². The minimum Gasteiger partial charge on any atom is -0.339 e. The number of amides is 2. The molecule has 1 N–H and O–H groups in total. The zero-order valence-electron chi connectivity index (χ0n) is 13.7. The third kappa shape index (κ3) is 3.67. The van der Waals surface area contributed by atoms with E-state index in [0.717, 1.165) is 50.5 Å². The Bertz CT molecular complexity index is 549. The summed E-state index contributed by atoms with van der Waals surface area (Å²) in [6.45, 7) is 1.66. The number of nitrogens with zero attached hydrogens (tertiary/aromatic N) is 3. The van der Waals surface area contributed by atoms with Gasteiger partial charge in [0.1, 0.15) is 0 Å². The van der Waals surface area contributed by atoms with E-state index in [-0.39, 0.29) is 6.03 Å². The standard InChI is InChI=1S/C17H26N4O2/c22-17(18-14-4-2-1-3-5-14)21-9-8-12(11-21)10-15-19-16(23-20-15)13-6-7-13/h12-14H,1-11H2,(H,18,22). The Morgan fingerprint density at radius 2 is 2.00 bits per heavy atom. The Hall–Kier alpha value is -1.59. The number of aromatic nitrogens is 2. The number of nitrogens with one attached hydrogen (secondary N) is 1. The summed E-state index contributed by atoms with van der Waals surface area (Å²) >= 11 is 0. The fraction of sp³-hybridized carbons (Fsp3) is 0.824. The van der Waals surface area contributed by atoms with Gasteiger partial charge in [0.2, 0.25) is 5.89 Å². The molecule has 4 rings (SSSR count). The van der Waals surface area contributed by atoms with Crippen molar-refractivity contribution in [2.75, 3.05) is 13.1 Å². The van der Waals surface area contributed by atoms with Gasteiger partial charge in [0.05, 0.1) is 0 Å². The third-order valence-electron chi connectivity index (χ3n) is 5.39. The monoisotopic (exact) mass is 318 g/mol. The molecule has 1 unspecified atom stereocenters. The van der Waals surface area contributed by atoms with Gasteiger partial charge in [0.25, 0.3) is 0 Å². The van der Waals surface area contributed by atoms with Crippen molar-refractivity contribution in [1.29, 1.82) is 0 Å². The molecule has 1 aliphatic heterocycles. The summed E-state index contributed by atoms with van der Waals surface area (Å²) in [5.74, 6) is 2.59. The van der Waals surface area contributed by atoms with Gasteiger partial charge in [-0.2, -0.15) is 4.98 Å². The number of urea groups is 1. The molecule has 2 aliphatic carbocycles. The molecule has 6 nitrogen and oxygen atoms in total. The van der Waals surface area contributed by atoms with Crippen molar-refractivity contribution in [3.8, 4) is 0 Å². The quantitative estimate of drug-likeness (QED) is 0.926. The molecule has 2 saturated carbocycles. The molecule has 2 heterocycles. The first-order valence-electron chi connectivity index (χ1n) is 9.16. The molecule has 1 saturated heterocycles. The highest BCUT2D eigenvalue weighted by molar-refractivity contribution is 5.74. The molecule has 0 spiro atoms. The third-order valence-corrected chi connectivity index (χ3v) is 5.39. The van der Waals surface area contributed by atoms with Gasteiger partial charge in [-0.25, -0.2) is 4.79 Å². The highest BCUT2D eigenvalue weighted by Gasteiger charge is 2.32. The molecule has 0 radical (unpaired) electrons. The molecule has 126 valence electrons. The van der Waals surface area contributed by atoms with Crippen LogP contribution in [0.2, 0.25) is 0 Å². The topological polar surface area (TPSA) is 71.3 Å². The van der Waals surface area contributed by atoms with Crippen molar-refractivity contribution < 1.29 is 9.32 Å². The molecular weight excluding hydrogens is 292 g/mol. The van der Waals surface area contributed by atoms with E-state index in [9.17, 15) is 4.79 Å². The zero-order chi connectivity index (χ0) is 15.6. The van der Waals surface area contributed by atoms with Crippen LogP contribution in [-0.2, 0) is 6.42 Å². The highest BCUT2D eigenvalue weighted by atomic mass is 16.5. The highest BCUT2D eigenvalue weighted by Crippen LogP contribution is 2.39. The number of rotatable bonds is 4. The van der Waals surface area contributed by atoms with E-state index in [2.05, 4.69) is 15.5 Å². The Morgan fingerprint density at radius 3 is 2.78 bits per heavy atom. The molecular formula is C17H26N4O2. The lowest BCUT2D eigenvalue weighted by Gasteiger charge is -2.26. The van der Waals surface area contributed by atoms with E-state index in [4.69, 9.17) is 4.52 Å². The van der Waals surface area contributed by atoms with E-state index in [1.54, 1.807) is 0 Å². The van der Waals surface area contributed by atoms with E-state index < -0.39 is 0 Å². The van der Waals surface area contributed by atoms with Crippen molar-refractivity contribution in [2.24, 2.45) is 5.92 Å². The van der Waals surface area contributed by atoms with Crippen LogP contribution in [0, 0.1) is 5.92 Å². The number of carbonyl (C=O) groups is 1. The van der Waals surface area contributed by atoms with Crippen molar-refractivity contribution in [1.82, 2.24) is 20.4 Å². The van der Waals surface area contributed by atoms with E-state index in [0.29, 0.717) is 17.9 Å². The van der Waals surface area contributed by atoms with Crippen LogP contribution < -0.4 is 5.32 Å². The van der Waals surface area contributed by atoms with Crippen LogP contribution in [0.4, 0.5) is 4.79 Å². The number of carbonyl (C=O) groups excluding carboxylic acids is 1. The predicted molar refractivity (Wildman–Crippen MR) is 85.1 cm³/mol. The fourth-order valence-corrected chi connectivity index (χ4v) is 3.80. The van der Waals surface area contributed by atoms with Crippen molar-refractivity contribution in [2.45, 2.75) is 69.7 Å². The molecule has 3 fully saturated rings. The summed E-state index contributed by atoms with van der Waals surface area (Å²) in [7, 11) is 0. The van der Waals surface area contributed by atoms with Gasteiger partial charge in [-0.1, -0.05) is 24.4 Å². The second-order valence-electron chi connectivity index (χ2n) is 7.41. The lowest BCUT2D eigenvalue weighted by Crippen LogP contribution is -2.44. The first kappa shape index (κ1) is 15.0. The second kappa shape index (κ2) is 6.49. The van der Waals surface area contributed by atoms with Gasteiger partial charge in [0, 0.05) is 31.5 Å². The molecule has 3 aliphatic rings. The Labute approximate surface area is 137 Å². The predicted octanol–water partition coefficient (Wildman–Crippen LogP) is 2.85. The van der Waals surface area contributed by atoms with Gasteiger partial charge in [-0.15, -0.1) is 0 Å². The maximum Gasteiger partial charge on any atom is 0.317 e. The minimum absolute atomic E-state index is 0.117. The smallest absolute Gasteiger partial charge is 0.317 e. The van der Waals surface area contributed by atoms with Crippen LogP contribution in [0.3, 0.4) is 0 Å². The first-order valence-corrected chi connectivity index (χ1v) is 9.16. The minimum atomic E-state index is 0.117. The normalized spacial score (nSPS) is 25.7. The molecule has 1 atom stereocenters. The van der Waals surface area contributed by atoms with Gasteiger partial charge in [0.15, 0.2) is 5.82 Å². The molecule has 2 amide bonds. The lowest BCUT2D eigenvalue weighted by molar-refractivity contribution is 0.198. The summed E-state index contributed by atoms with van der Waals surface area (Å²) in [5, 5.41) is 7.31. The SMILES string of the molecule is O=C(NC1CCCCC1)N1CCC(Cc2noc(C3CC3)n2)C1. The molecule has 23 heavy (non-hydrogen) atoms. The van der Waals surface area contributed by atoms with Crippen molar-refractivity contribution >= 4 is 6.03 Å². The molecule has 1 aromatic rings. The molecule has 0 aromatic carbocycles. The summed E-state index contributed by atoms with van der Waals surface area (Å²) in [6, 6.07) is 0.500. The summed E-state index contributed by atoms with van der Waals surface area (Å²) in [5.41, 5.74) is 0. The van der Waals surface area contributed by atoms with Crippen molar-refractivity contribution in [3.63, 3.8) is 0 Å². The van der Waals surface area contributed by atoms with Gasteiger partial charge >= 0.3 is 6.03 Å². The van der Waals surface area contributed by atoms with Crippen LogP contribution in [0.1, 0.15) is 69.0 Å². The van der Waals surface area contributed by atoms with Crippen molar-refractivity contribution in [3.05, 3.63) is 11.7 Å². The van der Waals surface area contributed by atoms with Crippen LogP contribution in [0.25, 0.3) is 0 Å². The Morgan fingerprint density at radius 1 is 1.17 bits per heavy atom. The zero-order valence-corrected chi connectivity index (χ0v) is 13.7. The number of hydrogen-bond donors (Lipinski definition) is 1.